The van der Waals surface area contributed by atoms with E-state index in [1.807, 2.05) is 37.3 Å². The summed E-state index contributed by atoms with van der Waals surface area (Å²) in [5, 5.41) is 15.8. The number of carbonyl (C=O) groups is 2. The van der Waals surface area contributed by atoms with Gasteiger partial charge in [0, 0.05) is 54.5 Å². The molecule has 1 heterocycles. The minimum Gasteiger partial charge on any atom is -0.396 e. The molecule has 1 saturated heterocycles. The first-order chi connectivity index (χ1) is 19.9. The summed E-state index contributed by atoms with van der Waals surface area (Å²) < 4.78 is 28.4. The van der Waals surface area contributed by atoms with Crippen molar-refractivity contribution in [1.82, 2.24) is 14.9 Å². The predicted molar refractivity (Wildman–Crippen MR) is 166 cm³/mol. The van der Waals surface area contributed by atoms with Gasteiger partial charge < -0.3 is 15.7 Å². The van der Waals surface area contributed by atoms with Crippen LogP contribution in [0.3, 0.4) is 0 Å². The zero-order valence-electron chi connectivity index (χ0n) is 24.3. The van der Waals surface area contributed by atoms with Gasteiger partial charge in [0.05, 0.1) is 11.3 Å². The van der Waals surface area contributed by atoms with Crippen LogP contribution in [-0.4, -0.2) is 61.1 Å². The maximum absolute atomic E-state index is 13.5. The van der Waals surface area contributed by atoms with Crippen molar-refractivity contribution in [2.75, 3.05) is 20.2 Å². The monoisotopic (exact) mass is 637 g/mol. The summed E-state index contributed by atoms with van der Waals surface area (Å²) in [6.45, 7) is 4.41. The number of piperidine rings is 1. The van der Waals surface area contributed by atoms with E-state index in [9.17, 15) is 18.0 Å². The topological polar surface area (TPSA) is 116 Å². The molecule has 0 radical (unpaired) electrons. The summed E-state index contributed by atoms with van der Waals surface area (Å²) in [6, 6.07) is 14.0. The zero-order valence-corrected chi connectivity index (χ0v) is 26.6. The Labute approximate surface area is 259 Å². The molecule has 1 aliphatic heterocycles. The van der Waals surface area contributed by atoms with Crippen LogP contribution < -0.4 is 10.6 Å². The summed E-state index contributed by atoms with van der Waals surface area (Å²) in [7, 11) is -1.86. The molecule has 0 aromatic heterocycles. The van der Waals surface area contributed by atoms with Gasteiger partial charge in [0.1, 0.15) is 0 Å². The minimum atomic E-state index is -3.51. The number of nitrogens with zero attached hydrogens (tertiary/aromatic N) is 1. The van der Waals surface area contributed by atoms with Crippen LogP contribution in [0.5, 0.6) is 0 Å². The van der Waals surface area contributed by atoms with Crippen molar-refractivity contribution in [2.24, 2.45) is 17.8 Å². The van der Waals surface area contributed by atoms with E-state index in [4.69, 9.17) is 28.3 Å². The van der Waals surface area contributed by atoms with Gasteiger partial charge in [-0.25, -0.2) is 8.42 Å². The molecule has 6 atom stereocenters. The summed E-state index contributed by atoms with van der Waals surface area (Å²) in [6.07, 6.45) is 2.26. The Bertz CT molecular complexity index is 1350. The highest BCUT2D eigenvalue weighted by Crippen LogP contribution is 2.44. The van der Waals surface area contributed by atoms with E-state index in [1.54, 1.807) is 25.2 Å². The number of aliphatic hydroxyl groups excluding tert-OH is 1. The fourth-order valence-corrected chi connectivity index (χ4v) is 8.34. The lowest BCUT2D eigenvalue weighted by atomic mass is 9.70. The van der Waals surface area contributed by atoms with Crippen molar-refractivity contribution in [1.29, 1.82) is 0 Å². The number of hydrogen-bond acceptors (Lipinski definition) is 5. The maximum atomic E-state index is 13.5. The van der Waals surface area contributed by atoms with Crippen LogP contribution in [0.4, 0.5) is 0 Å². The smallest absolute Gasteiger partial charge is 0.223 e. The van der Waals surface area contributed by atoms with Gasteiger partial charge in [0.15, 0.2) is 0 Å². The van der Waals surface area contributed by atoms with Gasteiger partial charge >= 0.3 is 0 Å². The fourth-order valence-electron chi connectivity index (χ4n) is 6.18. The quantitative estimate of drug-likeness (QED) is 0.270. The van der Waals surface area contributed by atoms with Crippen molar-refractivity contribution < 1.29 is 23.1 Å². The Morgan fingerprint density at radius 2 is 1.81 bits per heavy atom. The Morgan fingerprint density at radius 3 is 2.43 bits per heavy atom. The second-order valence-electron chi connectivity index (χ2n) is 11.7. The van der Waals surface area contributed by atoms with Crippen LogP contribution in [0.1, 0.15) is 69.0 Å². The molecule has 8 nitrogen and oxygen atoms in total. The number of sulfonamides is 1. The number of nitrogens with one attached hydrogen (secondary N) is 2. The van der Waals surface area contributed by atoms with E-state index in [0.29, 0.717) is 42.3 Å². The molecule has 0 spiro atoms. The standard InChI is InChI=1S/C31H41Cl2N3O5S/c1-19(20(2)30(21-8-10-24(32)11-9-21)36(3)42(40,41)26-12-13-26)29-27(22-6-4-7-25(33)16-22)17-23(31(39)35-29)18-28(38)34-14-5-15-37/h4,6-11,16,19-20,23,26-27,29-30,37H,5,12-15,17-18H2,1-3H3,(H,34,38)(H,35,39)/t19?,20?,23-,27-,29+,30?/m1/s1. The summed E-state index contributed by atoms with van der Waals surface area (Å²) in [5.41, 5.74) is 1.79. The highest BCUT2D eigenvalue weighted by Gasteiger charge is 2.46. The molecule has 2 aromatic rings. The lowest BCUT2D eigenvalue weighted by Crippen LogP contribution is -2.54. The number of aliphatic hydroxyl groups is 1. The third-order valence-electron chi connectivity index (χ3n) is 8.86. The van der Waals surface area contributed by atoms with Gasteiger partial charge in [-0.15, -0.1) is 0 Å². The Balaban J connectivity index is 1.65. The van der Waals surface area contributed by atoms with E-state index < -0.39 is 22.0 Å². The molecule has 2 aromatic carbocycles. The Morgan fingerprint density at radius 1 is 1.12 bits per heavy atom. The van der Waals surface area contributed by atoms with Crippen LogP contribution in [0.2, 0.25) is 10.0 Å². The van der Waals surface area contributed by atoms with Gasteiger partial charge in [0.2, 0.25) is 21.8 Å². The normalized spacial score (nSPS) is 23.2. The number of rotatable bonds is 13. The first-order valence-electron chi connectivity index (χ1n) is 14.6. The van der Waals surface area contributed by atoms with Crippen molar-refractivity contribution in [3.8, 4) is 0 Å². The third kappa shape index (κ3) is 7.66. The lowest BCUT2D eigenvalue weighted by molar-refractivity contribution is -0.133. The van der Waals surface area contributed by atoms with E-state index in [2.05, 4.69) is 17.6 Å². The van der Waals surface area contributed by atoms with Crippen LogP contribution in [0, 0.1) is 17.8 Å². The largest absolute Gasteiger partial charge is 0.396 e. The molecule has 4 rings (SSSR count). The van der Waals surface area contributed by atoms with Crippen LogP contribution in [0.15, 0.2) is 48.5 Å². The molecule has 2 aliphatic rings. The highest BCUT2D eigenvalue weighted by atomic mass is 35.5. The average Bonchev–Trinajstić information content (AvgIpc) is 3.81. The average molecular weight is 639 g/mol. The van der Waals surface area contributed by atoms with Crippen molar-refractivity contribution in [3.63, 3.8) is 0 Å². The first kappa shape index (κ1) is 32.7. The molecule has 1 saturated carbocycles. The molecule has 2 fully saturated rings. The zero-order chi connectivity index (χ0) is 30.6. The molecular formula is C31H41Cl2N3O5S. The lowest BCUT2D eigenvalue weighted by Gasteiger charge is -2.44. The molecule has 230 valence electrons. The number of benzene rings is 2. The van der Waals surface area contributed by atoms with Gasteiger partial charge in [-0.2, -0.15) is 4.31 Å². The van der Waals surface area contributed by atoms with Crippen molar-refractivity contribution in [3.05, 3.63) is 69.7 Å². The van der Waals surface area contributed by atoms with Gasteiger partial charge in [-0.1, -0.05) is 61.3 Å². The molecule has 1 aliphatic carbocycles. The predicted octanol–water partition coefficient (Wildman–Crippen LogP) is 4.91. The van der Waals surface area contributed by atoms with E-state index in [0.717, 1.165) is 11.1 Å². The minimum absolute atomic E-state index is 0.0209. The van der Waals surface area contributed by atoms with Crippen molar-refractivity contribution in [2.45, 2.75) is 69.2 Å². The van der Waals surface area contributed by atoms with Crippen LogP contribution in [-0.2, 0) is 19.6 Å². The summed E-state index contributed by atoms with van der Waals surface area (Å²) in [4.78, 5) is 26.0. The van der Waals surface area contributed by atoms with Gasteiger partial charge in [0.25, 0.3) is 0 Å². The summed E-state index contributed by atoms with van der Waals surface area (Å²) >= 11 is 12.6. The number of halogens is 2. The van der Waals surface area contributed by atoms with E-state index in [1.165, 1.54) is 4.31 Å². The number of hydrogen-bond donors (Lipinski definition) is 3. The second kappa shape index (κ2) is 14.1. The van der Waals surface area contributed by atoms with Crippen LogP contribution >= 0.6 is 23.2 Å². The number of amides is 2. The van der Waals surface area contributed by atoms with E-state index >= 15 is 0 Å². The Kier molecular flexibility index (Phi) is 11.0. The van der Waals surface area contributed by atoms with Gasteiger partial charge in [-0.05, 0) is 72.9 Å². The highest BCUT2D eigenvalue weighted by molar-refractivity contribution is 7.90. The molecule has 3 unspecified atom stereocenters. The first-order valence-corrected chi connectivity index (χ1v) is 16.9. The fraction of sp³-hybridized carbons (Fsp3) is 0.548. The van der Waals surface area contributed by atoms with E-state index in [-0.39, 0.29) is 53.9 Å². The molecule has 11 heteroatoms. The molecule has 42 heavy (non-hydrogen) atoms. The third-order valence-corrected chi connectivity index (χ3v) is 11.7. The number of carbonyl (C=O) groups excluding carboxylic acids is 2. The van der Waals surface area contributed by atoms with Gasteiger partial charge in [-0.3, -0.25) is 9.59 Å². The van der Waals surface area contributed by atoms with Crippen LogP contribution in [0.25, 0.3) is 0 Å². The van der Waals surface area contributed by atoms with Crippen molar-refractivity contribution >= 4 is 45.0 Å². The summed E-state index contributed by atoms with van der Waals surface area (Å²) in [5.74, 6) is -1.47. The Hall–Kier alpha value is -2.17. The second-order valence-corrected chi connectivity index (χ2v) is 14.9. The SMILES string of the molecule is CC(C(C)[C@@H]1NC(=O)[C@@H](CC(=O)NCCCO)C[C@@H]1c1cccc(Cl)c1)C(c1ccc(Cl)cc1)N(C)S(=O)(=O)C1CC1. The molecule has 2 amide bonds. The molecule has 3 N–H and O–H groups in total. The molecule has 0 bridgehead atoms. The maximum Gasteiger partial charge on any atom is 0.223 e. The molecular weight excluding hydrogens is 597 g/mol.